The number of carboxylic acids is 1. The number of aryl methyl sites for hydroxylation is 1. The first-order chi connectivity index (χ1) is 9.16. The second-order valence-corrected chi connectivity index (χ2v) is 5.44. The van der Waals surface area contributed by atoms with Gasteiger partial charge in [0.25, 0.3) is 0 Å². The van der Waals surface area contributed by atoms with Crippen molar-refractivity contribution in [2.45, 2.75) is 31.7 Å². The Labute approximate surface area is 111 Å². The zero-order valence-electron chi connectivity index (χ0n) is 10.6. The van der Waals surface area contributed by atoms with Gasteiger partial charge in [0.05, 0.1) is 17.9 Å². The van der Waals surface area contributed by atoms with Crippen molar-refractivity contribution < 1.29 is 14.7 Å². The van der Waals surface area contributed by atoms with Crippen molar-refractivity contribution in [3.8, 4) is 0 Å². The molecule has 2 aliphatic rings. The largest absolute Gasteiger partial charge is 0.481 e. The molecule has 1 saturated carbocycles. The lowest BCUT2D eigenvalue weighted by Gasteiger charge is -2.26. The smallest absolute Gasteiger partial charge is 0.307 e. The molecule has 1 amide bonds. The van der Waals surface area contributed by atoms with Crippen molar-refractivity contribution in [2.24, 2.45) is 11.8 Å². The van der Waals surface area contributed by atoms with Gasteiger partial charge in [-0.3, -0.25) is 9.59 Å². The molecule has 0 bridgehead atoms. The van der Waals surface area contributed by atoms with E-state index < -0.39 is 11.9 Å². The van der Waals surface area contributed by atoms with Crippen molar-refractivity contribution in [1.82, 2.24) is 5.32 Å². The van der Waals surface area contributed by atoms with Crippen LogP contribution in [0.15, 0.2) is 24.3 Å². The molecule has 19 heavy (non-hydrogen) atoms. The summed E-state index contributed by atoms with van der Waals surface area (Å²) in [5.74, 6) is -1.76. The van der Waals surface area contributed by atoms with Crippen molar-refractivity contribution in [3.63, 3.8) is 0 Å². The van der Waals surface area contributed by atoms with Crippen LogP contribution in [-0.2, 0) is 16.0 Å². The molecule has 100 valence electrons. The van der Waals surface area contributed by atoms with Gasteiger partial charge in [-0.15, -0.1) is 0 Å². The summed E-state index contributed by atoms with van der Waals surface area (Å²) in [6.45, 7) is 0. The van der Waals surface area contributed by atoms with Crippen molar-refractivity contribution in [3.05, 3.63) is 35.4 Å². The lowest BCUT2D eigenvalue weighted by atomic mass is 9.87. The monoisotopic (exact) mass is 259 g/mol. The van der Waals surface area contributed by atoms with Gasteiger partial charge in [-0.05, 0) is 36.8 Å². The van der Waals surface area contributed by atoms with Crippen LogP contribution in [0.2, 0.25) is 0 Å². The summed E-state index contributed by atoms with van der Waals surface area (Å²) < 4.78 is 0. The lowest BCUT2D eigenvalue weighted by molar-refractivity contribution is -0.140. The summed E-state index contributed by atoms with van der Waals surface area (Å²) in [5.41, 5.74) is 2.49. The third-order valence-corrected chi connectivity index (χ3v) is 4.13. The molecule has 4 heteroatoms. The molecule has 3 rings (SSSR count). The zero-order valence-corrected chi connectivity index (χ0v) is 10.6. The van der Waals surface area contributed by atoms with Gasteiger partial charge in [-0.25, -0.2) is 0 Å². The fourth-order valence-corrected chi connectivity index (χ4v) is 2.94. The van der Waals surface area contributed by atoms with Crippen LogP contribution < -0.4 is 5.32 Å². The number of carbonyl (C=O) groups is 2. The first-order valence-electron chi connectivity index (χ1n) is 6.78. The fraction of sp³-hybridized carbons (Fsp3) is 0.467. The Bertz CT molecular complexity index is 526. The quantitative estimate of drug-likeness (QED) is 0.871. The molecular weight excluding hydrogens is 242 g/mol. The average Bonchev–Trinajstić information content (AvgIpc) is 3.19. The topological polar surface area (TPSA) is 66.4 Å². The second kappa shape index (κ2) is 4.68. The van der Waals surface area contributed by atoms with Gasteiger partial charge in [-0.1, -0.05) is 24.3 Å². The molecule has 0 saturated heterocycles. The normalized spacial score (nSPS) is 28.3. The van der Waals surface area contributed by atoms with E-state index in [4.69, 9.17) is 5.11 Å². The highest BCUT2D eigenvalue weighted by molar-refractivity contribution is 5.89. The Hall–Kier alpha value is -1.84. The van der Waals surface area contributed by atoms with Crippen LogP contribution in [0, 0.1) is 11.8 Å². The van der Waals surface area contributed by atoms with Crippen LogP contribution in [0.3, 0.4) is 0 Å². The maximum Gasteiger partial charge on any atom is 0.307 e. The molecule has 0 aliphatic heterocycles. The third kappa shape index (κ3) is 2.35. The molecule has 2 aliphatic carbocycles. The maximum atomic E-state index is 12.0. The van der Waals surface area contributed by atoms with E-state index in [1.807, 2.05) is 12.1 Å². The number of benzene rings is 1. The highest BCUT2D eigenvalue weighted by Gasteiger charge is 2.48. The van der Waals surface area contributed by atoms with Crippen molar-refractivity contribution in [1.29, 1.82) is 0 Å². The number of hydrogen-bond donors (Lipinski definition) is 2. The van der Waals surface area contributed by atoms with E-state index >= 15 is 0 Å². The minimum atomic E-state index is -0.857. The van der Waals surface area contributed by atoms with Gasteiger partial charge in [0.1, 0.15) is 0 Å². The van der Waals surface area contributed by atoms with Crippen LogP contribution in [0.25, 0.3) is 0 Å². The van der Waals surface area contributed by atoms with E-state index in [0.29, 0.717) is 6.42 Å². The summed E-state index contributed by atoms with van der Waals surface area (Å²) >= 11 is 0. The Morgan fingerprint density at radius 3 is 2.74 bits per heavy atom. The van der Waals surface area contributed by atoms with Crippen LogP contribution in [-0.4, -0.2) is 17.0 Å². The van der Waals surface area contributed by atoms with Crippen molar-refractivity contribution in [2.75, 3.05) is 0 Å². The number of hydrogen-bond acceptors (Lipinski definition) is 2. The van der Waals surface area contributed by atoms with E-state index in [2.05, 4.69) is 17.4 Å². The molecule has 0 unspecified atom stereocenters. The molecular formula is C15H17NO3. The summed E-state index contributed by atoms with van der Waals surface area (Å²) in [6.07, 6.45) is 3.54. The number of rotatable bonds is 3. The Morgan fingerprint density at radius 2 is 2.00 bits per heavy atom. The van der Waals surface area contributed by atoms with E-state index in [0.717, 1.165) is 19.3 Å². The molecule has 4 nitrogen and oxygen atoms in total. The Kier molecular flexibility index (Phi) is 3.01. The number of aliphatic carboxylic acids is 1. The van der Waals surface area contributed by atoms with Gasteiger partial charge in [-0.2, -0.15) is 0 Å². The van der Waals surface area contributed by atoms with Gasteiger partial charge in [0, 0.05) is 0 Å². The Morgan fingerprint density at radius 1 is 1.21 bits per heavy atom. The zero-order chi connectivity index (χ0) is 13.4. The summed E-state index contributed by atoms with van der Waals surface area (Å²) in [5, 5.41) is 11.9. The average molecular weight is 259 g/mol. The molecule has 3 atom stereocenters. The van der Waals surface area contributed by atoms with E-state index in [9.17, 15) is 9.59 Å². The molecule has 0 spiro atoms. The number of fused-ring (bicyclic) bond motifs is 1. The molecule has 1 fully saturated rings. The van der Waals surface area contributed by atoms with Crippen LogP contribution >= 0.6 is 0 Å². The summed E-state index contributed by atoms with van der Waals surface area (Å²) in [4.78, 5) is 22.8. The molecule has 0 radical (unpaired) electrons. The third-order valence-electron chi connectivity index (χ3n) is 4.13. The van der Waals surface area contributed by atoms with Gasteiger partial charge in [0.2, 0.25) is 5.91 Å². The number of amides is 1. The molecule has 1 aromatic carbocycles. The molecule has 1 aromatic rings. The van der Waals surface area contributed by atoms with Crippen molar-refractivity contribution >= 4 is 11.9 Å². The van der Waals surface area contributed by atoms with Crippen LogP contribution in [0.5, 0.6) is 0 Å². The van der Waals surface area contributed by atoms with Gasteiger partial charge in [0.15, 0.2) is 0 Å². The minimum absolute atomic E-state index is 0.0486. The Balaban J connectivity index is 1.68. The highest BCUT2D eigenvalue weighted by Crippen LogP contribution is 2.40. The fourth-order valence-electron chi connectivity index (χ4n) is 2.94. The summed E-state index contributed by atoms with van der Waals surface area (Å²) in [6, 6.07) is 8.21. The predicted molar refractivity (Wildman–Crippen MR) is 69.5 cm³/mol. The number of carboxylic acid groups (broad SMARTS) is 1. The summed E-state index contributed by atoms with van der Waals surface area (Å²) in [7, 11) is 0. The predicted octanol–water partition coefficient (Wildman–Crippen LogP) is 1.90. The van der Waals surface area contributed by atoms with E-state index in [1.54, 1.807) is 0 Å². The SMILES string of the molecule is O=C(N[C@H]1CCCc2ccccc21)[C@H]1C[C@H]1C(=O)O. The first-order valence-corrected chi connectivity index (χ1v) is 6.78. The van der Waals surface area contributed by atoms with Crippen LogP contribution in [0.1, 0.15) is 36.4 Å². The highest BCUT2D eigenvalue weighted by atomic mass is 16.4. The molecule has 2 N–H and O–H groups in total. The second-order valence-electron chi connectivity index (χ2n) is 5.44. The number of nitrogens with one attached hydrogen (secondary N) is 1. The van der Waals surface area contributed by atoms with E-state index in [-0.39, 0.29) is 17.9 Å². The van der Waals surface area contributed by atoms with E-state index in [1.165, 1.54) is 11.1 Å². The maximum absolute atomic E-state index is 12.0. The molecule has 0 heterocycles. The van der Waals surface area contributed by atoms with Crippen LogP contribution in [0.4, 0.5) is 0 Å². The van der Waals surface area contributed by atoms with Gasteiger partial charge < -0.3 is 10.4 Å². The molecule has 0 aromatic heterocycles. The lowest BCUT2D eigenvalue weighted by Crippen LogP contribution is -2.32. The van der Waals surface area contributed by atoms with Gasteiger partial charge >= 0.3 is 5.97 Å². The minimum Gasteiger partial charge on any atom is -0.481 e. The standard InChI is InChI=1S/C15H17NO3/c17-14(11-8-12(11)15(18)19)16-13-7-3-5-9-4-1-2-6-10(9)13/h1-2,4,6,11-13H,3,5,7-8H2,(H,16,17)(H,18,19)/t11-,12+,13-/m0/s1. The number of carbonyl (C=O) groups excluding carboxylic acids is 1. The first kappa shape index (κ1) is 12.2.